The van der Waals surface area contributed by atoms with Gasteiger partial charge in [-0.15, -0.1) is 11.3 Å². The van der Waals surface area contributed by atoms with Crippen LogP contribution in [0.5, 0.6) is 0 Å². The highest BCUT2D eigenvalue weighted by Gasteiger charge is 2.25. The van der Waals surface area contributed by atoms with E-state index < -0.39 is 17.8 Å². The van der Waals surface area contributed by atoms with Crippen LogP contribution in [0.1, 0.15) is 42.9 Å². The summed E-state index contributed by atoms with van der Waals surface area (Å²) >= 11 is 0.991. The van der Waals surface area contributed by atoms with Crippen LogP contribution < -0.4 is 11.1 Å². The number of rotatable bonds is 5. The number of methoxy groups -OCH3 is 1. The number of thiophene rings is 1. The van der Waals surface area contributed by atoms with Gasteiger partial charge in [0.1, 0.15) is 5.00 Å². The molecule has 7 nitrogen and oxygen atoms in total. The lowest BCUT2D eigenvalue weighted by atomic mass is 10.1. The minimum absolute atomic E-state index is 0.193. The molecule has 0 aliphatic heterocycles. The molecule has 2 aromatic rings. The van der Waals surface area contributed by atoms with Crippen molar-refractivity contribution in [2.45, 2.75) is 13.8 Å². The molecule has 1 amide bonds. The maximum Gasteiger partial charge on any atom is 0.341 e. The minimum Gasteiger partial charge on any atom is -0.465 e. The van der Waals surface area contributed by atoms with Crippen molar-refractivity contribution in [3.05, 3.63) is 45.8 Å². The summed E-state index contributed by atoms with van der Waals surface area (Å²) in [6.45, 7) is 3.52. The van der Waals surface area contributed by atoms with Gasteiger partial charge in [0.25, 0.3) is 5.91 Å². The third-order valence-electron chi connectivity index (χ3n) is 3.44. The Labute approximate surface area is 148 Å². The van der Waals surface area contributed by atoms with Crippen molar-refractivity contribution in [2.75, 3.05) is 24.8 Å². The maximum absolute atomic E-state index is 12.6. The average Bonchev–Trinajstić information content (AvgIpc) is 2.89. The molecule has 1 aromatic carbocycles. The number of ether oxygens (including phenoxy) is 2. The van der Waals surface area contributed by atoms with E-state index in [1.807, 2.05) is 0 Å². The number of hydrogen-bond acceptors (Lipinski definition) is 7. The topological polar surface area (TPSA) is 108 Å². The molecule has 0 atom stereocenters. The van der Waals surface area contributed by atoms with Gasteiger partial charge in [-0.25, -0.2) is 9.59 Å². The molecule has 0 saturated heterocycles. The molecule has 0 fully saturated rings. The molecule has 0 bridgehead atoms. The molecule has 25 heavy (non-hydrogen) atoms. The Morgan fingerprint density at radius 2 is 1.88 bits per heavy atom. The summed E-state index contributed by atoms with van der Waals surface area (Å²) in [5, 5.41) is 2.87. The van der Waals surface area contributed by atoms with Crippen LogP contribution in [0, 0.1) is 6.92 Å². The van der Waals surface area contributed by atoms with Crippen molar-refractivity contribution in [1.82, 2.24) is 0 Å². The van der Waals surface area contributed by atoms with Crippen LogP contribution >= 0.6 is 11.3 Å². The van der Waals surface area contributed by atoms with Crippen molar-refractivity contribution in [3.8, 4) is 0 Å². The molecule has 1 heterocycles. The van der Waals surface area contributed by atoms with Crippen LogP contribution in [0.2, 0.25) is 0 Å². The van der Waals surface area contributed by atoms with Gasteiger partial charge in [-0.2, -0.15) is 0 Å². The van der Waals surface area contributed by atoms with Gasteiger partial charge < -0.3 is 20.5 Å². The maximum atomic E-state index is 12.6. The Hall–Kier alpha value is -2.87. The van der Waals surface area contributed by atoms with E-state index in [0.29, 0.717) is 11.3 Å². The highest BCUT2D eigenvalue weighted by atomic mass is 32.1. The number of nitrogens with two attached hydrogens (primary N) is 1. The zero-order chi connectivity index (χ0) is 18.6. The van der Waals surface area contributed by atoms with Crippen LogP contribution in [-0.4, -0.2) is 31.6 Å². The molecule has 1 aromatic heterocycles. The molecule has 0 spiro atoms. The van der Waals surface area contributed by atoms with Gasteiger partial charge in [-0.1, -0.05) is 12.1 Å². The van der Waals surface area contributed by atoms with Crippen LogP contribution in [0.25, 0.3) is 0 Å². The average molecular weight is 362 g/mol. The third-order valence-corrected chi connectivity index (χ3v) is 4.56. The van der Waals surface area contributed by atoms with Crippen LogP contribution in [0.3, 0.4) is 0 Å². The lowest BCUT2D eigenvalue weighted by Gasteiger charge is -2.09. The Morgan fingerprint density at radius 3 is 2.52 bits per heavy atom. The fraction of sp³-hybridized carbons (Fsp3) is 0.235. The number of amides is 1. The summed E-state index contributed by atoms with van der Waals surface area (Å²) < 4.78 is 9.66. The Kier molecular flexibility index (Phi) is 5.76. The summed E-state index contributed by atoms with van der Waals surface area (Å²) in [5.74, 6) is -1.60. The monoisotopic (exact) mass is 362 g/mol. The third kappa shape index (κ3) is 3.80. The minimum atomic E-state index is -0.567. The summed E-state index contributed by atoms with van der Waals surface area (Å²) in [6, 6.07) is 6.47. The number of nitrogens with one attached hydrogen (secondary N) is 1. The second-order valence-electron chi connectivity index (χ2n) is 5.01. The second-order valence-corrected chi connectivity index (χ2v) is 6.06. The predicted octanol–water partition coefficient (Wildman–Crippen LogP) is 2.85. The molecule has 2 rings (SSSR count). The first-order chi connectivity index (χ1) is 11.9. The van der Waals surface area contributed by atoms with E-state index in [1.165, 1.54) is 7.11 Å². The molecular weight excluding hydrogens is 344 g/mol. The molecule has 3 N–H and O–H groups in total. The normalized spacial score (nSPS) is 10.2. The Balaban J connectivity index is 2.33. The first-order valence-electron chi connectivity index (χ1n) is 7.45. The highest BCUT2D eigenvalue weighted by molar-refractivity contribution is 7.18. The quantitative estimate of drug-likeness (QED) is 0.792. The zero-order valence-corrected chi connectivity index (χ0v) is 14.9. The van der Waals surface area contributed by atoms with Gasteiger partial charge in [-0.05, 0) is 31.5 Å². The predicted molar refractivity (Wildman–Crippen MR) is 95.2 cm³/mol. The van der Waals surface area contributed by atoms with E-state index in [2.05, 4.69) is 5.32 Å². The van der Waals surface area contributed by atoms with E-state index in [0.717, 1.165) is 11.3 Å². The molecule has 0 radical (unpaired) electrons. The van der Waals surface area contributed by atoms with Crippen LogP contribution in [0.4, 0.5) is 10.7 Å². The molecule has 0 aliphatic carbocycles. The number of benzene rings is 1. The van der Waals surface area contributed by atoms with Crippen molar-refractivity contribution < 1.29 is 23.9 Å². The van der Waals surface area contributed by atoms with Gasteiger partial charge in [0.15, 0.2) is 0 Å². The number of carbonyl (C=O) groups excluding carboxylic acids is 3. The van der Waals surface area contributed by atoms with E-state index >= 15 is 0 Å². The molecule has 8 heteroatoms. The van der Waals surface area contributed by atoms with E-state index in [4.69, 9.17) is 15.2 Å². The standard InChI is InChI=1S/C17H18N2O5S/c1-4-24-17(22)12-9(2)13(25-14(12)18)15(20)19-11-8-6-5-7-10(11)16(21)23-3/h5-8H,4,18H2,1-3H3,(H,19,20). The van der Waals surface area contributed by atoms with Gasteiger partial charge in [-0.3, -0.25) is 4.79 Å². The fourth-order valence-corrected chi connectivity index (χ4v) is 3.23. The molecule has 0 saturated carbocycles. The first-order valence-corrected chi connectivity index (χ1v) is 8.27. The van der Waals surface area contributed by atoms with E-state index in [9.17, 15) is 14.4 Å². The number of para-hydroxylation sites is 1. The number of nitrogen functional groups attached to an aromatic ring is 1. The number of anilines is 2. The first kappa shape index (κ1) is 18.5. The number of carbonyl (C=O) groups is 3. The van der Waals surface area contributed by atoms with Crippen molar-refractivity contribution in [3.63, 3.8) is 0 Å². The van der Waals surface area contributed by atoms with Gasteiger partial charge in [0.2, 0.25) is 0 Å². The molecule has 0 unspecified atom stereocenters. The summed E-state index contributed by atoms with van der Waals surface area (Å²) in [6.07, 6.45) is 0. The Bertz CT molecular complexity index is 828. The highest BCUT2D eigenvalue weighted by Crippen LogP contribution is 2.32. The fourth-order valence-electron chi connectivity index (χ4n) is 2.27. The van der Waals surface area contributed by atoms with Gasteiger partial charge in [0.05, 0.1) is 35.4 Å². The lowest BCUT2D eigenvalue weighted by molar-refractivity contribution is 0.0526. The molecule has 0 aliphatic rings. The van der Waals surface area contributed by atoms with Crippen molar-refractivity contribution >= 4 is 39.9 Å². The smallest absolute Gasteiger partial charge is 0.341 e. The molecular formula is C17H18N2O5S. The number of hydrogen-bond donors (Lipinski definition) is 2. The number of esters is 2. The zero-order valence-electron chi connectivity index (χ0n) is 14.0. The summed E-state index contributed by atoms with van der Waals surface area (Å²) in [5.41, 5.74) is 7.04. The van der Waals surface area contributed by atoms with Crippen molar-refractivity contribution in [2.24, 2.45) is 0 Å². The lowest BCUT2D eigenvalue weighted by Crippen LogP contribution is -2.15. The second kappa shape index (κ2) is 7.80. The van der Waals surface area contributed by atoms with Crippen LogP contribution in [0.15, 0.2) is 24.3 Å². The largest absolute Gasteiger partial charge is 0.465 e. The van der Waals surface area contributed by atoms with E-state index in [1.54, 1.807) is 38.1 Å². The van der Waals surface area contributed by atoms with Crippen molar-refractivity contribution in [1.29, 1.82) is 0 Å². The van der Waals surface area contributed by atoms with Gasteiger partial charge >= 0.3 is 11.9 Å². The van der Waals surface area contributed by atoms with E-state index in [-0.39, 0.29) is 27.6 Å². The molecule has 132 valence electrons. The summed E-state index contributed by atoms with van der Waals surface area (Å²) in [7, 11) is 1.26. The SMILES string of the molecule is CCOC(=O)c1c(N)sc(C(=O)Nc2ccccc2C(=O)OC)c1C. The Morgan fingerprint density at radius 1 is 1.20 bits per heavy atom. The van der Waals surface area contributed by atoms with Crippen LogP contribution in [-0.2, 0) is 9.47 Å². The summed E-state index contributed by atoms with van der Waals surface area (Å²) in [4.78, 5) is 36.6. The van der Waals surface area contributed by atoms with Gasteiger partial charge in [0, 0.05) is 0 Å².